The molecule has 0 aliphatic heterocycles. The van der Waals surface area contributed by atoms with Crippen molar-refractivity contribution in [3.63, 3.8) is 0 Å². The van der Waals surface area contributed by atoms with Crippen LogP contribution in [0.4, 0.5) is 0 Å². The Morgan fingerprint density at radius 3 is 2.93 bits per heavy atom. The van der Waals surface area contributed by atoms with Crippen molar-refractivity contribution < 1.29 is 0 Å². The van der Waals surface area contributed by atoms with E-state index in [-0.39, 0.29) is 0 Å². The van der Waals surface area contributed by atoms with E-state index in [4.69, 9.17) is 0 Å². The van der Waals surface area contributed by atoms with Crippen LogP contribution < -0.4 is 0 Å². The Labute approximate surface area is 91.2 Å². The number of halogens is 1. The Morgan fingerprint density at radius 1 is 1.43 bits per heavy atom. The van der Waals surface area contributed by atoms with E-state index in [1.165, 1.54) is 0 Å². The van der Waals surface area contributed by atoms with Gasteiger partial charge >= 0.3 is 0 Å². The van der Waals surface area contributed by atoms with Crippen LogP contribution in [0.2, 0.25) is 0 Å². The molecule has 0 spiro atoms. The van der Waals surface area contributed by atoms with Gasteiger partial charge in [0, 0.05) is 11.0 Å². The number of rotatable bonds is 2. The highest BCUT2D eigenvalue weighted by Crippen LogP contribution is 2.22. The summed E-state index contributed by atoms with van der Waals surface area (Å²) in [4.78, 5) is 0. The van der Waals surface area contributed by atoms with E-state index in [0.29, 0.717) is 5.92 Å². The van der Waals surface area contributed by atoms with Gasteiger partial charge in [-0.15, -0.1) is 5.10 Å². The molecule has 3 nitrogen and oxygen atoms in total. The van der Waals surface area contributed by atoms with Gasteiger partial charge in [-0.1, -0.05) is 25.1 Å². The van der Waals surface area contributed by atoms with Crippen LogP contribution >= 0.6 is 15.9 Å². The third-order valence-corrected chi connectivity index (χ3v) is 2.66. The van der Waals surface area contributed by atoms with Crippen LogP contribution in [-0.4, -0.2) is 15.0 Å². The first kappa shape index (κ1) is 9.65. The fourth-order valence-corrected chi connectivity index (χ4v) is 2.02. The zero-order valence-electron chi connectivity index (χ0n) is 8.24. The van der Waals surface area contributed by atoms with E-state index >= 15 is 0 Å². The second kappa shape index (κ2) is 3.69. The summed E-state index contributed by atoms with van der Waals surface area (Å²) in [5, 5.41) is 8.25. The van der Waals surface area contributed by atoms with E-state index in [9.17, 15) is 0 Å². The molecule has 2 rings (SSSR count). The zero-order chi connectivity index (χ0) is 10.1. The molecule has 1 aromatic carbocycles. The van der Waals surface area contributed by atoms with E-state index in [2.05, 4.69) is 40.1 Å². The van der Waals surface area contributed by atoms with Gasteiger partial charge in [-0.3, -0.25) is 0 Å². The first-order valence-electron chi connectivity index (χ1n) is 4.66. The lowest BCUT2D eigenvalue weighted by Crippen LogP contribution is -2.06. The standard InChI is InChI=1S/C10H12BrN3/c1-7(2)6-14-10-8(11)4-3-5-9(10)12-13-14/h3-5,7H,6H2,1-2H3. The van der Waals surface area contributed by atoms with Crippen molar-refractivity contribution in [2.45, 2.75) is 20.4 Å². The Kier molecular flexibility index (Phi) is 2.54. The Balaban J connectivity index is 2.55. The molecule has 0 aliphatic carbocycles. The largest absolute Gasteiger partial charge is 0.243 e. The molecular weight excluding hydrogens is 242 g/mol. The molecule has 0 N–H and O–H groups in total. The van der Waals surface area contributed by atoms with Crippen molar-refractivity contribution in [1.82, 2.24) is 15.0 Å². The maximum atomic E-state index is 4.13. The van der Waals surface area contributed by atoms with Gasteiger partial charge in [0.1, 0.15) is 11.0 Å². The Morgan fingerprint density at radius 2 is 2.21 bits per heavy atom. The lowest BCUT2D eigenvalue weighted by molar-refractivity contribution is 0.482. The van der Waals surface area contributed by atoms with E-state index in [1.54, 1.807) is 0 Å². The van der Waals surface area contributed by atoms with Gasteiger partial charge in [-0.25, -0.2) is 4.68 Å². The maximum Gasteiger partial charge on any atom is 0.114 e. The van der Waals surface area contributed by atoms with Gasteiger partial charge in [0.15, 0.2) is 0 Å². The molecule has 1 heterocycles. The molecule has 0 radical (unpaired) electrons. The summed E-state index contributed by atoms with van der Waals surface area (Å²) in [6.45, 7) is 5.24. The molecule has 0 fully saturated rings. The maximum absolute atomic E-state index is 4.13. The van der Waals surface area contributed by atoms with Gasteiger partial charge < -0.3 is 0 Å². The monoisotopic (exact) mass is 253 g/mol. The number of para-hydroxylation sites is 1. The van der Waals surface area contributed by atoms with Crippen molar-refractivity contribution >= 4 is 27.0 Å². The average molecular weight is 254 g/mol. The van der Waals surface area contributed by atoms with E-state index in [1.807, 2.05) is 22.9 Å². The second-order valence-corrected chi connectivity index (χ2v) is 4.63. The quantitative estimate of drug-likeness (QED) is 0.825. The summed E-state index contributed by atoms with van der Waals surface area (Å²) in [6, 6.07) is 5.97. The smallest absolute Gasteiger partial charge is 0.114 e. The van der Waals surface area contributed by atoms with Gasteiger partial charge in [0.2, 0.25) is 0 Å². The summed E-state index contributed by atoms with van der Waals surface area (Å²) in [6.07, 6.45) is 0. The molecule has 0 bridgehead atoms. The molecule has 2 aromatic rings. The molecule has 74 valence electrons. The van der Waals surface area contributed by atoms with Crippen LogP contribution in [-0.2, 0) is 6.54 Å². The Hall–Kier alpha value is -0.900. The van der Waals surface area contributed by atoms with Crippen LogP contribution in [0, 0.1) is 5.92 Å². The van der Waals surface area contributed by atoms with Gasteiger partial charge in [-0.2, -0.15) is 0 Å². The van der Waals surface area contributed by atoms with Crippen LogP contribution in [0.1, 0.15) is 13.8 Å². The fraction of sp³-hybridized carbons (Fsp3) is 0.400. The summed E-state index contributed by atoms with van der Waals surface area (Å²) in [5.41, 5.74) is 2.03. The normalized spacial score (nSPS) is 11.4. The number of aromatic nitrogens is 3. The highest BCUT2D eigenvalue weighted by molar-refractivity contribution is 9.10. The molecule has 1 aromatic heterocycles. The van der Waals surface area contributed by atoms with Crippen molar-refractivity contribution in [1.29, 1.82) is 0 Å². The summed E-state index contributed by atoms with van der Waals surface area (Å²) < 4.78 is 3.00. The zero-order valence-corrected chi connectivity index (χ0v) is 9.82. The average Bonchev–Trinajstić information content (AvgIpc) is 2.49. The number of hydrogen-bond donors (Lipinski definition) is 0. The Bertz CT molecular complexity index is 448. The van der Waals surface area contributed by atoms with Crippen molar-refractivity contribution in [2.24, 2.45) is 5.92 Å². The van der Waals surface area contributed by atoms with E-state index < -0.39 is 0 Å². The predicted molar refractivity (Wildman–Crippen MR) is 60.1 cm³/mol. The predicted octanol–water partition coefficient (Wildman–Crippen LogP) is 2.85. The van der Waals surface area contributed by atoms with Gasteiger partial charge in [-0.05, 0) is 34.0 Å². The highest BCUT2D eigenvalue weighted by Gasteiger charge is 2.08. The SMILES string of the molecule is CC(C)Cn1nnc2cccc(Br)c21. The summed E-state index contributed by atoms with van der Waals surface area (Å²) >= 11 is 3.52. The number of nitrogens with zero attached hydrogens (tertiary/aromatic N) is 3. The molecule has 0 saturated heterocycles. The molecule has 0 amide bonds. The highest BCUT2D eigenvalue weighted by atomic mass is 79.9. The number of benzene rings is 1. The molecule has 14 heavy (non-hydrogen) atoms. The molecule has 0 atom stereocenters. The summed E-state index contributed by atoms with van der Waals surface area (Å²) in [5.74, 6) is 0.576. The lowest BCUT2D eigenvalue weighted by atomic mass is 10.2. The van der Waals surface area contributed by atoms with Gasteiger partial charge in [0.25, 0.3) is 0 Å². The minimum absolute atomic E-state index is 0.576. The molecular formula is C10H12BrN3. The van der Waals surface area contributed by atoms with Crippen LogP contribution in [0.5, 0.6) is 0 Å². The third kappa shape index (κ3) is 1.66. The molecule has 0 unspecified atom stereocenters. The molecule has 0 aliphatic rings. The van der Waals surface area contributed by atoms with Gasteiger partial charge in [0.05, 0.1) is 0 Å². The topological polar surface area (TPSA) is 30.7 Å². The first-order valence-corrected chi connectivity index (χ1v) is 5.45. The van der Waals surface area contributed by atoms with Crippen molar-refractivity contribution in [2.75, 3.05) is 0 Å². The van der Waals surface area contributed by atoms with Crippen molar-refractivity contribution in [3.05, 3.63) is 22.7 Å². The first-order chi connectivity index (χ1) is 6.68. The van der Waals surface area contributed by atoms with Crippen LogP contribution in [0.15, 0.2) is 22.7 Å². The lowest BCUT2D eigenvalue weighted by Gasteiger charge is -2.05. The minimum atomic E-state index is 0.576. The number of fused-ring (bicyclic) bond motifs is 1. The summed E-state index contributed by atoms with van der Waals surface area (Å²) in [7, 11) is 0. The van der Waals surface area contributed by atoms with E-state index in [0.717, 1.165) is 22.1 Å². The van der Waals surface area contributed by atoms with Crippen LogP contribution in [0.25, 0.3) is 11.0 Å². The third-order valence-electron chi connectivity index (χ3n) is 2.02. The molecule has 0 saturated carbocycles. The van der Waals surface area contributed by atoms with Crippen molar-refractivity contribution in [3.8, 4) is 0 Å². The molecule has 4 heteroatoms. The minimum Gasteiger partial charge on any atom is -0.243 e. The second-order valence-electron chi connectivity index (χ2n) is 3.77. The fourth-order valence-electron chi connectivity index (χ4n) is 1.46. The van der Waals surface area contributed by atoms with Crippen LogP contribution in [0.3, 0.4) is 0 Å². The number of hydrogen-bond acceptors (Lipinski definition) is 2.